The minimum Gasteiger partial charge on any atom is -0.491 e. The van der Waals surface area contributed by atoms with Crippen LogP contribution in [0.5, 0.6) is 5.75 Å². The van der Waals surface area contributed by atoms with Crippen LogP contribution in [0.3, 0.4) is 0 Å². The van der Waals surface area contributed by atoms with Crippen LogP contribution in [-0.2, 0) is 21.8 Å². The van der Waals surface area contributed by atoms with Crippen molar-refractivity contribution in [1.82, 2.24) is 29.8 Å². The van der Waals surface area contributed by atoms with Gasteiger partial charge >= 0.3 is 0 Å². The molecule has 12 heteroatoms. The van der Waals surface area contributed by atoms with E-state index >= 15 is 0 Å². The molecule has 0 saturated carbocycles. The quantitative estimate of drug-likeness (QED) is 0.382. The summed E-state index contributed by atoms with van der Waals surface area (Å²) in [6.07, 6.45) is 4.89. The Labute approximate surface area is 204 Å². The highest BCUT2D eigenvalue weighted by Gasteiger charge is 2.45. The molecule has 1 aliphatic heterocycles. The van der Waals surface area contributed by atoms with Gasteiger partial charge in [-0.1, -0.05) is 35.3 Å². The lowest BCUT2D eigenvalue weighted by atomic mass is 10.1. The average molecular weight is 505 g/mol. The fourth-order valence-corrected chi connectivity index (χ4v) is 4.37. The summed E-state index contributed by atoms with van der Waals surface area (Å²) < 4.78 is 22.0. The molecule has 5 rings (SSSR count). The second kappa shape index (κ2) is 9.32. The lowest BCUT2D eigenvalue weighted by Crippen LogP contribution is -2.34. The third-order valence-electron chi connectivity index (χ3n) is 5.10. The molecule has 2 atom stereocenters. The maximum atomic E-state index is 6.51. The zero-order valence-corrected chi connectivity index (χ0v) is 19.5. The Hall–Kier alpha value is -2.63. The highest BCUT2D eigenvalue weighted by molar-refractivity contribution is 7.80. The molecular weight excluding hydrogens is 487 g/mol. The van der Waals surface area contributed by atoms with Crippen LogP contribution in [0, 0.1) is 0 Å². The van der Waals surface area contributed by atoms with Gasteiger partial charge in [0, 0.05) is 29.0 Å². The maximum absolute atomic E-state index is 6.51. The predicted octanol–water partition coefficient (Wildman–Crippen LogP) is 3.80. The molecule has 0 N–H and O–H groups in total. The van der Waals surface area contributed by atoms with Gasteiger partial charge in [0.1, 0.15) is 18.5 Å². The van der Waals surface area contributed by atoms with Crippen LogP contribution in [0.4, 0.5) is 0 Å². The third-order valence-corrected chi connectivity index (χ3v) is 5.93. The van der Waals surface area contributed by atoms with Gasteiger partial charge in [-0.2, -0.15) is 4.68 Å². The monoisotopic (exact) mass is 504 g/mol. The van der Waals surface area contributed by atoms with E-state index in [1.54, 1.807) is 24.7 Å². The first kappa shape index (κ1) is 22.2. The van der Waals surface area contributed by atoms with E-state index in [1.807, 2.05) is 41.1 Å². The SMILES string of the molecule is Sc1nnnn1-c1cccc(OCC2COC(Cn3ccnc3)(c3ccc(Cl)cc3Cl)O2)c1. The summed E-state index contributed by atoms with van der Waals surface area (Å²) in [5, 5.41) is 12.7. The number of aromatic nitrogens is 6. The standard InChI is InChI=1S/C21H18Cl2N6O3S/c22-14-4-5-18(19(23)8-14)21(12-28-7-6-24-13-28)31-11-17(32-21)10-30-16-3-1-2-15(9-16)29-20(33)25-26-27-29/h1-9,13,17H,10-12H2,(H,25,27,33). The van der Waals surface area contributed by atoms with E-state index in [-0.39, 0.29) is 12.7 Å². The zero-order chi connectivity index (χ0) is 22.8. The number of benzene rings is 2. The summed E-state index contributed by atoms with van der Waals surface area (Å²) in [6.45, 7) is 0.954. The van der Waals surface area contributed by atoms with Crippen LogP contribution >= 0.6 is 35.8 Å². The van der Waals surface area contributed by atoms with Gasteiger partial charge in [0.25, 0.3) is 0 Å². The number of hydrogen-bond acceptors (Lipinski definition) is 8. The van der Waals surface area contributed by atoms with Crippen LogP contribution in [0.2, 0.25) is 10.0 Å². The molecule has 1 aliphatic rings. The smallest absolute Gasteiger partial charge is 0.215 e. The van der Waals surface area contributed by atoms with Crippen LogP contribution in [-0.4, -0.2) is 49.1 Å². The molecule has 0 radical (unpaired) electrons. The van der Waals surface area contributed by atoms with E-state index in [1.165, 1.54) is 4.68 Å². The van der Waals surface area contributed by atoms with Crippen LogP contribution in [0.25, 0.3) is 5.69 Å². The van der Waals surface area contributed by atoms with E-state index in [2.05, 4.69) is 33.1 Å². The molecule has 3 heterocycles. The number of rotatable bonds is 7. The highest BCUT2D eigenvalue weighted by atomic mass is 35.5. The van der Waals surface area contributed by atoms with E-state index in [9.17, 15) is 0 Å². The van der Waals surface area contributed by atoms with Crippen LogP contribution in [0.1, 0.15) is 5.56 Å². The van der Waals surface area contributed by atoms with Crippen molar-refractivity contribution in [1.29, 1.82) is 0 Å². The molecule has 2 unspecified atom stereocenters. The summed E-state index contributed by atoms with van der Waals surface area (Å²) >= 11 is 16.9. The Balaban J connectivity index is 1.33. The summed E-state index contributed by atoms with van der Waals surface area (Å²) in [5.74, 6) is -0.470. The number of hydrogen-bond donors (Lipinski definition) is 1. The number of tetrazole rings is 1. The normalized spacial score (nSPS) is 20.3. The number of imidazole rings is 1. The van der Waals surface area contributed by atoms with Crippen LogP contribution in [0.15, 0.2) is 66.3 Å². The van der Waals surface area contributed by atoms with Gasteiger partial charge in [0.05, 0.1) is 30.2 Å². The van der Waals surface area contributed by atoms with E-state index in [4.69, 9.17) is 37.4 Å². The molecule has 33 heavy (non-hydrogen) atoms. The molecule has 0 amide bonds. The molecule has 1 saturated heterocycles. The number of ether oxygens (including phenoxy) is 3. The van der Waals surface area contributed by atoms with Crippen molar-refractivity contribution in [2.45, 2.75) is 23.6 Å². The van der Waals surface area contributed by atoms with Gasteiger partial charge in [-0.3, -0.25) is 0 Å². The van der Waals surface area contributed by atoms with E-state index < -0.39 is 5.79 Å². The second-order valence-corrected chi connectivity index (χ2v) is 8.61. The number of halogens is 2. The van der Waals surface area contributed by atoms with Crippen molar-refractivity contribution in [2.75, 3.05) is 13.2 Å². The van der Waals surface area contributed by atoms with E-state index in [0.29, 0.717) is 39.7 Å². The molecular formula is C21H18Cl2N6O3S. The topological polar surface area (TPSA) is 89.1 Å². The lowest BCUT2D eigenvalue weighted by Gasteiger charge is -2.30. The van der Waals surface area contributed by atoms with E-state index in [0.717, 1.165) is 5.69 Å². The molecule has 2 aromatic heterocycles. The molecule has 0 spiro atoms. The summed E-state index contributed by atoms with van der Waals surface area (Å²) in [7, 11) is 0. The number of nitrogens with zero attached hydrogens (tertiary/aromatic N) is 6. The minimum atomic E-state index is -1.11. The fourth-order valence-electron chi connectivity index (χ4n) is 3.62. The summed E-state index contributed by atoms with van der Waals surface area (Å²) in [6, 6.07) is 12.6. The van der Waals surface area contributed by atoms with Gasteiger partial charge < -0.3 is 18.8 Å². The first-order valence-corrected chi connectivity index (χ1v) is 11.2. The predicted molar refractivity (Wildman–Crippen MR) is 123 cm³/mol. The first-order valence-electron chi connectivity index (χ1n) is 9.96. The van der Waals surface area contributed by atoms with Gasteiger partial charge in [0.15, 0.2) is 0 Å². The first-order chi connectivity index (χ1) is 16.0. The molecule has 0 bridgehead atoms. The number of thiol groups is 1. The Morgan fingerprint density at radius 3 is 2.88 bits per heavy atom. The van der Waals surface area contributed by atoms with Crippen molar-refractivity contribution >= 4 is 35.8 Å². The Morgan fingerprint density at radius 2 is 2.12 bits per heavy atom. The largest absolute Gasteiger partial charge is 0.491 e. The molecule has 4 aromatic rings. The summed E-state index contributed by atoms with van der Waals surface area (Å²) in [5.41, 5.74) is 1.42. The van der Waals surface area contributed by atoms with Gasteiger partial charge in [-0.25, -0.2) is 4.98 Å². The van der Waals surface area contributed by atoms with Crippen LogP contribution < -0.4 is 4.74 Å². The van der Waals surface area contributed by atoms with Crippen molar-refractivity contribution in [3.8, 4) is 11.4 Å². The highest BCUT2D eigenvalue weighted by Crippen LogP contribution is 2.40. The van der Waals surface area contributed by atoms with Gasteiger partial charge in [-0.05, 0) is 34.7 Å². The van der Waals surface area contributed by atoms with Crippen molar-refractivity contribution in [2.24, 2.45) is 0 Å². The lowest BCUT2D eigenvalue weighted by molar-refractivity contribution is -0.189. The minimum absolute atomic E-state index is 0.268. The third kappa shape index (κ3) is 4.71. The Kier molecular flexibility index (Phi) is 6.26. The van der Waals surface area contributed by atoms with Crippen molar-refractivity contribution in [3.63, 3.8) is 0 Å². The van der Waals surface area contributed by atoms with Gasteiger partial charge in [-0.15, -0.1) is 17.7 Å². The fraction of sp³-hybridized carbons (Fsp3) is 0.238. The molecule has 2 aromatic carbocycles. The molecule has 0 aliphatic carbocycles. The Morgan fingerprint density at radius 1 is 1.21 bits per heavy atom. The zero-order valence-electron chi connectivity index (χ0n) is 17.1. The van der Waals surface area contributed by atoms with Gasteiger partial charge in [0.2, 0.25) is 10.9 Å². The van der Waals surface area contributed by atoms with Crippen molar-refractivity contribution < 1.29 is 14.2 Å². The summed E-state index contributed by atoms with van der Waals surface area (Å²) in [4.78, 5) is 4.11. The Bertz CT molecular complexity index is 1250. The molecule has 1 fully saturated rings. The van der Waals surface area contributed by atoms with Crippen molar-refractivity contribution in [3.05, 3.63) is 76.8 Å². The average Bonchev–Trinajstić information content (AvgIpc) is 3.55. The molecule has 9 nitrogen and oxygen atoms in total. The maximum Gasteiger partial charge on any atom is 0.215 e. The molecule has 170 valence electrons. The second-order valence-electron chi connectivity index (χ2n) is 7.36.